The van der Waals surface area contributed by atoms with Crippen molar-refractivity contribution in [1.29, 1.82) is 0 Å². The number of aryl methyl sites for hydroxylation is 1. The monoisotopic (exact) mass is 378 g/mol. The number of hydrogen-bond acceptors (Lipinski definition) is 4. The van der Waals surface area contributed by atoms with Crippen molar-refractivity contribution in [2.45, 2.75) is 20.0 Å². The minimum absolute atomic E-state index is 0.449. The zero-order valence-corrected chi connectivity index (χ0v) is 16.6. The van der Waals surface area contributed by atoms with Crippen molar-refractivity contribution in [3.8, 4) is 5.69 Å². The van der Waals surface area contributed by atoms with E-state index in [1.807, 2.05) is 79.1 Å². The zero-order chi connectivity index (χ0) is 19.9. The largest absolute Gasteiger partial charge is 0.353 e. The van der Waals surface area contributed by atoms with Crippen molar-refractivity contribution in [3.63, 3.8) is 0 Å². The van der Waals surface area contributed by atoms with Gasteiger partial charge in [-0.05, 0) is 19.1 Å². The van der Waals surface area contributed by atoms with Crippen LogP contribution in [0.15, 0.2) is 60.4 Å². The Morgan fingerprint density at radius 2 is 2.07 bits per heavy atom. The lowest BCUT2D eigenvalue weighted by Gasteiger charge is -2.21. The average Bonchev–Trinajstić information content (AvgIpc) is 3.30. The molecular weight excluding hydrogens is 352 g/mol. The molecule has 0 spiro atoms. The molecule has 8 nitrogen and oxygen atoms in total. The molecule has 0 aliphatic heterocycles. The summed E-state index contributed by atoms with van der Waals surface area (Å²) in [6.45, 7) is 7.45. The standard InChI is InChI=1S/C20H26N8/c1-5-11-21-20(22-13-19-25-24-16(2)27(19)4)26(3)14-17-12-23-28(15-17)18-9-7-6-8-10-18/h5-10,12,15H,1,11,13-14H2,2-4H3,(H,21,22). The van der Waals surface area contributed by atoms with Crippen molar-refractivity contribution in [2.75, 3.05) is 13.6 Å². The molecule has 0 fully saturated rings. The minimum atomic E-state index is 0.449. The lowest BCUT2D eigenvalue weighted by atomic mass is 10.3. The summed E-state index contributed by atoms with van der Waals surface area (Å²) in [5.74, 6) is 2.46. The third-order valence-electron chi connectivity index (χ3n) is 4.40. The number of aliphatic imine (C=N–C) groups is 1. The van der Waals surface area contributed by atoms with Gasteiger partial charge in [-0.3, -0.25) is 0 Å². The van der Waals surface area contributed by atoms with Gasteiger partial charge in [0.05, 0.1) is 11.9 Å². The molecule has 0 radical (unpaired) electrons. The number of rotatable bonds is 7. The molecule has 0 bridgehead atoms. The summed E-state index contributed by atoms with van der Waals surface area (Å²) in [5.41, 5.74) is 2.13. The molecular formula is C20H26N8. The van der Waals surface area contributed by atoms with Crippen molar-refractivity contribution >= 4 is 5.96 Å². The van der Waals surface area contributed by atoms with Crippen LogP contribution in [-0.4, -0.2) is 49.0 Å². The molecule has 1 N–H and O–H groups in total. The van der Waals surface area contributed by atoms with E-state index in [0.29, 0.717) is 19.6 Å². The zero-order valence-electron chi connectivity index (χ0n) is 16.6. The fourth-order valence-corrected chi connectivity index (χ4v) is 2.72. The fraction of sp³-hybridized carbons (Fsp3) is 0.300. The van der Waals surface area contributed by atoms with Crippen LogP contribution in [0.3, 0.4) is 0 Å². The first-order chi connectivity index (χ1) is 13.6. The second kappa shape index (κ2) is 8.98. The van der Waals surface area contributed by atoms with Crippen LogP contribution in [-0.2, 0) is 20.1 Å². The van der Waals surface area contributed by atoms with Gasteiger partial charge in [0, 0.05) is 38.9 Å². The number of nitrogens with zero attached hydrogens (tertiary/aromatic N) is 7. The molecule has 2 aromatic heterocycles. The third-order valence-corrected chi connectivity index (χ3v) is 4.40. The summed E-state index contributed by atoms with van der Waals surface area (Å²) in [7, 11) is 3.94. The Labute approximate surface area is 165 Å². The van der Waals surface area contributed by atoms with Gasteiger partial charge in [0.2, 0.25) is 0 Å². The number of aromatic nitrogens is 5. The minimum Gasteiger partial charge on any atom is -0.353 e. The van der Waals surface area contributed by atoms with Crippen LogP contribution in [0.25, 0.3) is 5.69 Å². The molecule has 0 saturated heterocycles. The van der Waals surface area contributed by atoms with Crippen LogP contribution in [0.4, 0.5) is 0 Å². The quantitative estimate of drug-likeness (QED) is 0.387. The van der Waals surface area contributed by atoms with Gasteiger partial charge in [-0.2, -0.15) is 5.10 Å². The van der Waals surface area contributed by atoms with Crippen LogP contribution >= 0.6 is 0 Å². The molecule has 0 unspecified atom stereocenters. The lowest BCUT2D eigenvalue weighted by Crippen LogP contribution is -2.38. The maximum atomic E-state index is 4.70. The lowest BCUT2D eigenvalue weighted by molar-refractivity contribution is 0.477. The SMILES string of the molecule is C=CCNC(=NCc1nnc(C)n1C)N(C)Cc1cnn(-c2ccccc2)c1. The van der Waals surface area contributed by atoms with Crippen LogP contribution < -0.4 is 5.32 Å². The highest BCUT2D eigenvalue weighted by Gasteiger charge is 2.10. The van der Waals surface area contributed by atoms with Crippen molar-refractivity contribution in [1.82, 2.24) is 34.8 Å². The summed E-state index contributed by atoms with van der Waals surface area (Å²) < 4.78 is 3.82. The second-order valence-electron chi connectivity index (χ2n) is 6.52. The van der Waals surface area contributed by atoms with E-state index >= 15 is 0 Å². The van der Waals surface area contributed by atoms with Crippen LogP contribution in [0.5, 0.6) is 0 Å². The topological polar surface area (TPSA) is 76.2 Å². The van der Waals surface area contributed by atoms with Gasteiger partial charge < -0.3 is 14.8 Å². The van der Waals surface area contributed by atoms with Gasteiger partial charge >= 0.3 is 0 Å². The van der Waals surface area contributed by atoms with Gasteiger partial charge in [-0.15, -0.1) is 16.8 Å². The van der Waals surface area contributed by atoms with E-state index in [-0.39, 0.29) is 0 Å². The Morgan fingerprint density at radius 3 is 2.75 bits per heavy atom. The smallest absolute Gasteiger partial charge is 0.194 e. The van der Waals surface area contributed by atoms with Crippen molar-refractivity contribution in [2.24, 2.45) is 12.0 Å². The van der Waals surface area contributed by atoms with Gasteiger partial charge in [0.15, 0.2) is 11.8 Å². The molecule has 8 heteroatoms. The Kier molecular flexibility index (Phi) is 6.21. The number of para-hydroxylation sites is 1. The maximum Gasteiger partial charge on any atom is 0.194 e. The summed E-state index contributed by atoms with van der Waals surface area (Å²) >= 11 is 0. The van der Waals surface area contributed by atoms with E-state index in [1.165, 1.54) is 0 Å². The predicted octanol–water partition coefficient (Wildman–Crippen LogP) is 2.07. The summed E-state index contributed by atoms with van der Waals surface area (Å²) in [6, 6.07) is 10.1. The molecule has 2 heterocycles. The molecule has 3 rings (SSSR count). The molecule has 0 saturated carbocycles. The van der Waals surface area contributed by atoms with Crippen molar-refractivity contribution < 1.29 is 0 Å². The van der Waals surface area contributed by atoms with Gasteiger partial charge in [0.25, 0.3) is 0 Å². The molecule has 3 aromatic rings. The molecule has 0 aliphatic rings. The first-order valence-electron chi connectivity index (χ1n) is 9.12. The van der Waals surface area contributed by atoms with Gasteiger partial charge in [0.1, 0.15) is 12.4 Å². The highest BCUT2D eigenvalue weighted by Crippen LogP contribution is 2.09. The fourth-order valence-electron chi connectivity index (χ4n) is 2.72. The molecule has 0 aliphatic carbocycles. The summed E-state index contributed by atoms with van der Waals surface area (Å²) in [4.78, 5) is 6.75. The first-order valence-corrected chi connectivity index (χ1v) is 9.12. The maximum absolute atomic E-state index is 4.70. The second-order valence-corrected chi connectivity index (χ2v) is 6.52. The van der Waals surface area contributed by atoms with Crippen molar-refractivity contribution in [3.05, 3.63) is 72.6 Å². The van der Waals surface area contributed by atoms with Crippen LogP contribution in [0, 0.1) is 6.92 Å². The van der Waals surface area contributed by atoms with Gasteiger partial charge in [-0.1, -0.05) is 24.3 Å². The Bertz CT molecular complexity index is 938. The first kappa shape index (κ1) is 19.3. The van der Waals surface area contributed by atoms with E-state index < -0.39 is 0 Å². The highest BCUT2D eigenvalue weighted by atomic mass is 15.3. The van der Waals surface area contributed by atoms with E-state index in [2.05, 4.69) is 32.1 Å². The van der Waals surface area contributed by atoms with Crippen LogP contribution in [0.1, 0.15) is 17.2 Å². The molecule has 1 aromatic carbocycles. The molecule has 0 atom stereocenters. The molecule has 28 heavy (non-hydrogen) atoms. The van der Waals surface area contributed by atoms with E-state index in [9.17, 15) is 0 Å². The number of nitrogens with one attached hydrogen (secondary N) is 1. The Morgan fingerprint density at radius 1 is 1.29 bits per heavy atom. The predicted molar refractivity (Wildman–Crippen MR) is 110 cm³/mol. The average molecular weight is 378 g/mol. The summed E-state index contributed by atoms with van der Waals surface area (Å²) in [6.07, 6.45) is 5.72. The summed E-state index contributed by atoms with van der Waals surface area (Å²) in [5, 5.41) is 16.0. The third kappa shape index (κ3) is 4.64. The number of benzene rings is 1. The number of hydrogen-bond donors (Lipinski definition) is 1. The van der Waals surface area contributed by atoms with Gasteiger partial charge in [-0.25, -0.2) is 9.67 Å². The van der Waals surface area contributed by atoms with E-state index in [0.717, 1.165) is 28.9 Å². The molecule has 0 amide bonds. The molecule has 146 valence electrons. The highest BCUT2D eigenvalue weighted by molar-refractivity contribution is 5.79. The Balaban J connectivity index is 1.71. The van der Waals surface area contributed by atoms with Crippen LogP contribution in [0.2, 0.25) is 0 Å². The van der Waals surface area contributed by atoms with E-state index in [4.69, 9.17) is 4.99 Å². The normalized spacial score (nSPS) is 11.5. The number of guanidine groups is 1. The van der Waals surface area contributed by atoms with E-state index in [1.54, 1.807) is 0 Å². The Hall–Kier alpha value is -3.42.